The molecule has 1 N–H and O–H groups in total. The standard InChI is InChI=1S/C22H29NO3/c1-13(2)18-12-19(14(3)11-21(18)26-7)16(5)23-22(24)17-8-9-20(25-6)15(4)10-17/h8-13,16H,1-7H3,(H,23,24)/t16-/m1/s1. The van der Waals surface area contributed by atoms with Crippen LogP contribution in [0.4, 0.5) is 0 Å². The van der Waals surface area contributed by atoms with Crippen LogP contribution < -0.4 is 14.8 Å². The van der Waals surface area contributed by atoms with Gasteiger partial charge in [-0.3, -0.25) is 4.79 Å². The minimum Gasteiger partial charge on any atom is -0.496 e. The van der Waals surface area contributed by atoms with Gasteiger partial charge in [0.1, 0.15) is 11.5 Å². The highest BCUT2D eigenvalue weighted by Gasteiger charge is 2.18. The Morgan fingerprint density at radius 2 is 1.54 bits per heavy atom. The van der Waals surface area contributed by atoms with Crippen LogP contribution in [0.1, 0.15) is 65.3 Å². The van der Waals surface area contributed by atoms with E-state index in [0.29, 0.717) is 11.5 Å². The molecule has 140 valence electrons. The van der Waals surface area contributed by atoms with E-state index in [9.17, 15) is 4.79 Å². The second-order valence-corrected chi connectivity index (χ2v) is 6.98. The molecule has 0 aliphatic rings. The molecule has 26 heavy (non-hydrogen) atoms. The van der Waals surface area contributed by atoms with Crippen molar-refractivity contribution in [2.45, 2.75) is 46.6 Å². The first-order valence-corrected chi connectivity index (χ1v) is 8.92. The maximum atomic E-state index is 12.7. The molecule has 0 unspecified atom stereocenters. The summed E-state index contributed by atoms with van der Waals surface area (Å²) >= 11 is 0. The summed E-state index contributed by atoms with van der Waals surface area (Å²) in [5, 5.41) is 3.10. The SMILES string of the molecule is COc1ccc(C(=O)N[C@H](C)c2cc(C(C)C)c(OC)cc2C)cc1C. The van der Waals surface area contributed by atoms with Crippen molar-refractivity contribution in [1.29, 1.82) is 0 Å². The maximum absolute atomic E-state index is 12.7. The number of carbonyl (C=O) groups is 1. The lowest BCUT2D eigenvalue weighted by atomic mass is 9.93. The summed E-state index contributed by atoms with van der Waals surface area (Å²) in [5.74, 6) is 1.92. The zero-order valence-electron chi connectivity index (χ0n) is 16.8. The largest absolute Gasteiger partial charge is 0.496 e. The number of benzene rings is 2. The van der Waals surface area contributed by atoms with Gasteiger partial charge in [-0.05, 0) is 79.3 Å². The van der Waals surface area contributed by atoms with Crippen LogP contribution in [-0.4, -0.2) is 20.1 Å². The molecule has 0 aromatic heterocycles. The van der Waals surface area contributed by atoms with E-state index in [1.54, 1.807) is 20.3 Å². The molecule has 0 spiro atoms. The second kappa shape index (κ2) is 8.26. The molecule has 0 radical (unpaired) electrons. The Hall–Kier alpha value is -2.49. The van der Waals surface area contributed by atoms with E-state index < -0.39 is 0 Å². The van der Waals surface area contributed by atoms with Crippen LogP contribution in [-0.2, 0) is 0 Å². The Bertz CT molecular complexity index is 796. The van der Waals surface area contributed by atoms with Crippen LogP contribution >= 0.6 is 0 Å². The molecule has 2 aromatic carbocycles. The Morgan fingerprint density at radius 3 is 2.08 bits per heavy atom. The molecule has 1 atom stereocenters. The third kappa shape index (κ3) is 4.18. The molecule has 2 rings (SSSR count). The summed E-state index contributed by atoms with van der Waals surface area (Å²) < 4.78 is 10.8. The van der Waals surface area contributed by atoms with Crippen molar-refractivity contribution in [3.05, 3.63) is 58.1 Å². The van der Waals surface area contributed by atoms with E-state index in [2.05, 4.69) is 25.2 Å². The third-order valence-electron chi connectivity index (χ3n) is 4.71. The van der Waals surface area contributed by atoms with E-state index in [1.807, 2.05) is 39.0 Å². The molecule has 2 aromatic rings. The molecule has 0 bridgehead atoms. The van der Waals surface area contributed by atoms with E-state index in [0.717, 1.165) is 33.8 Å². The zero-order valence-corrected chi connectivity index (χ0v) is 16.8. The quantitative estimate of drug-likeness (QED) is 0.799. The average molecular weight is 355 g/mol. The van der Waals surface area contributed by atoms with Crippen LogP contribution in [0.5, 0.6) is 11.5 Å². The van der Waals surface area contributed by atoms with Gasteiger partial charge in [0.05, 0.1) is 20.3 Å². The summed E-state index contributed by atoms with van der Waals surface area (Å²) in [7, 11) is 3.32. The van der Waals surface area contributed by atoms with Gasteiger partial charge in [-0.25, -0.2) is 0 Å². The van der Waals surface area contributed by atoms with Gasteiger partial charge in [0, 0.05) is 5.56 Å². The van der Waals surface area contributed by atoms with Gasteiger partial charge in [0.15, 0.2) is 0 Å². The van der Waals surface area contributed by atoms with Gasteiger partial charge in [-0.15, -0.1) is 0 Å². The maximum Gasteiger partial charge on any atom is 0.251 e. The van der Waals surface area contributed by atoms with Crippen LogP contribution in [0.3, 0.4) is 0 Å². The van der Waals surface area contributed by atoms with Gasteiger partial charge in [-0.1, -0.05) is 13.8 Å². The first kappa shape index (κ1) is 19.8. The molecule has 4 heteroatoms. The number of nitrogens with one attached hydrogen (secondary N) is 1. The molecule has 0 fully saturated rings. The first-order valence-electron chi connectivity index (χ1n) is 8.92. The molecular weight excluding hydrogens is 326 g/mol. The smallest absolute Gasteiger partial charge is 0.251 e. The summed E-state index contributed by atoms with van der Waals surface area (Å²) in [4.78, 5) is 12.7. The summed E-state index contributed by atoms with van der Waals surface area (Å²) in [6.45, 7) is 10.3. The lowest BCUT2D eigenvalue weighted by molar-refractivity contribution is 0.0939. The van der Waals surface area contributed by atoms with E-state index in [-0.39, 0.29) is 11.9 Å². The van der Waals surface area contributed by atoms with Crippen molar-refractivity contribution in [3.8, 4) is 11.5 Å². The van der Waals surface area contributed by atoms with Gasteiger partial charge in [-0.2, -0.15) is 0 Å². The minimum atomic E-state index is -0.103. The number of rotatable bonds is 6. The Labute approximate surface area is 156 Å². The molecule has 1 amide bonds. The van der Waals surface area contributed by atoms with Gasteiger partial charge in [0.2, 0.25) is 0 Å². The fourth-order valence-corrected chi connectivity index (χ4v) is 3.19. The molecule has 0 aliphatic heterocycles. The number of methoxy groups -OCH3 is 2. The topological polar surface area (TPSA) is 47.6 Å². The highest BCUT2D eigenvalue weighted by molar-refractivity contribution is 5.94. The predicted molar refractivity (Wildman–Crippen MR) is 105 cm³/mol. The van der Waals surface area contributed by atoms with Gasteiger partial charge >= 0.3 is 0 Å². The second-order valence-electron chi connectivity index (χ2n) is 6.98. The van der Waals surface area contributed by atoms with Gasteiger partial charge < -0.3 is 14.8 Å². The Balaban J connectivity index is 2.26. The highest BCUT2D eigenvalue weighted by atomic mass is 16.5. The van der Waals surface area contributed by atoms with Crippen LogP contribution in [0.15, 0.2) is 30.3 Å². The predicted octanol–water partition coefficient (Wildman–Crippen LogP) is 4.94. The molecule has 0 saturated carbocycles. The molecule has 0 heterocycles. The molecule has 0 aliphatic carbocycles. The number of amides is 1. The fraction of sp³-hybridized carbons (Fsp3) is 0.409. The average Bonchev–Trinajstić information content (AvgIpc) is 2.60. The van der Waals surface area contributed by atoms with Crippen LogP contribution in [0, 0.1) is 13.8 Å². The Morgan fingerprint density at radius 1 is 0.885 bits per heavy atom. The normalized spacial score (nSPS) is 12.0. The number of ether oxygens (including phenoxy) is 2. The van der Waals surface area contributed by atoms with Crippen LogP contribution in [0.2, 0.25) is 0 Å². The highest BCUT2D eigenvalue weighted by Crippen LogP contribution is 2.32. The number of hydrogen-bond acceptors (Lipinski definition) is 3. The van der Waals surface area contributed by atoms with E-state index in [4.69, 9.17) is 9.47 Å². The van der Waals surface area contributed by atoms with Crippen molar-refractivity contribution in [1.82, 2.24) is 5.32 Å². The summed E-state index contributed by atoms with van der Waals surface area (Å²) in [6, 6.07) is 9.54. The molecular formula is C22H29NO3. The minimum absolute atomic E-state index is 0.0930. The van der Waals surface area contributed by atoms with Crippen molar-refractivity contribution < 1.29 is 14.3 Å². The van der Waals surface area contributed by atoms with Crippen molar-refractivity contribution in [2.24, 2.45) is 0 Å². The van der Waals surface area contributed by atoms with E-state index in [1.165, 1.54) is 0 Å². The third-order valence-corrected chi connectivity index (χ3v) is 4.71. The summed E-state index contributed by atoms with van der Waals surface area (Å²) in [5.41, 5.74) is 4.92. The summed E-state index contributed by atoms with van der Waals surface area (Å²) in [6.07, 6.45) is 0. The van der Waals surface area contributed by atoms with E-state index >= 15 is 0 Å². The van der Waals surface area contributed by atoms with Gasteiger partial charge in [0.25, 0.3) is 5.91 Å². The molecule has 4 nitrogen and oxygen atoms in total. The van der Waals surface area contributed by atoms with Crippen molar-refractivity contribution in [2.75, 3.05) is 14.2 Å². The van der Waals surface area contributed by atoms with Crippen molar-refractivity contribution in [3.63, 3.8) is 0 Å². The monoisotopic (exact) mass is 355 g/mol. The first-order chi connectivity index (χ1) is 12.3. The number of carbonyl (C=O) groups excluding carboxylic acids is 1. The van der Waals surface area contributed by atoms with Crippen LogP contribution in [0.25, 0.3) is 0 Å². The Kier molecular flexibility index (Phi) is 6.30. The zero-order chi connectivity index (χ0) is 19.4. The number of hydrogen-bond donors (Lipinski definition) is 1. The number of aryl methyl sites for hydroxylation is 2. The van der Waals surface area contributed by atoms with Crippen molar-refractivity contribution >= 4 is 5.91 Å². The lowest BCUT2D eigenvalue weighted by Gasteiger charge is -2.21. The molecule has 0 saturated heterocycles. The lowest BCUT2D eigenvalue weighted by Crippen LogP contribution is -2.27. The fourth-order valence-electron chi connectivity index (χ4n) is 3.19.